The lowest BCUT2D eigenvalue weighted by Gasteiger charge is -2.57. The van der Waals surface area contributed by atoms with Crippen molar-refractivity contribution >= 4 is 23.4 Å². The molecule has 0 unspecified atom stereocenters. The summed E-state index contributed by atoms with van der Waals surface area (Å²) in [4.78, 5) is 24.8. The fraction of sp³-hybridized carbons (Fsp3) is 0.714. The molecule has 0 radical (unpaired) electrons. The van der Waals surface area contributed by atoms with Crippen LogP contribution in [0.3, 0.4) is 0 Å². The molecule has 0 aliphatic heterocycles. The number of fused-ring (bicyclic) bond motifs is 2. The van der Waals surface area contributed by atoms with Crippen molar-refractivity contribution in [3.05, 3.63) is 11.6 Å². The first-order valence-corrected chi connectivity index (χ1v) is 6.82. The van der Waals surface area contributed by atoms with E-state index in [0.29, 0.717) is 6.42 Å². The lowest BCUT2D eigenvalue weighted by molar-refractivity contribution is -0.184. The molecule has 19 heavy (non-hydrogen) atoms. The Hall–Kier alpha value is -0.870. The Balaban J connectivity index is 2.64. The molecule has 3 rings (SSSR count). The second kappa shape index (κ2) is 4.06. The van der Waals surface area contributed by atoms with E-state index in [1.54, 1.807) is 19.9 Å². The Morgan fingerprint density at radius 2 is 2.16 bits per heavy atom. The van der Waals surface area contributed by atoms with E-state index < -0.39 is 28.3 Å². The van der Waals surface area contributed by atoms with Gasteiger partial charge in [0.05, 0.1) is 23.8 Å². The molecule has 0 aromatic carbocycles. The van der Waals surface area contributed by atoms with E-state index >= 15 is 0 Å². The van der Waals surface area contributed by atoms with Gasteiger partial charge in [-0.25, -0.2) is 0 Å². The van der Waals surface area contributed by atoms with Crippen LogP contribution in [0.5, 0.6) is 0 Å². The number of alkyl halides is 1. The maximum Gasteiger partial charge on any atom is 0.312 e. The van der Waals surface area contributed by atoms with Gasteiger partial charge in [0.1, 0.15) is 5.60 Å². The summed E-state index contributed by atoms with van der Waals surface area (Å²) in [5.74, 6) is -1.39. The highest BCUT2D eigenvalue weighted by atomic mass is 35.5. The van der Waals surface area contributed by atoms with Crippen LogP contribution < -0.4 is 0 Å². The second-order valence-electron chi connectivity index (χ2n) is 6.06. The highest BCUT2D eigenvalue weighted by Gasteiger charge is 2.69. The molecule has 1 saturated carbocycles. The van der Waals surface area contributed by atoms with Crippen molar-refractivity contribution in [2.24, 2.45) is 16.7 Å². The number of Topliss-reactive ketones (excluding diaryl/α,β-unsaturated/α-hetero) is 1. The number of halogens is 1. The minimum atomic E-state index is -1.58. The molecule has 0 aromatic rings. The third-order valence-electron chi connectivity index (χ3n) is 5.11. The van der Waals surface area contributed by atoms with Gasteiger partial charge in [0.25, 0.3) is 0 Å². The average Bonchev–Trinajstić information content (AvgIpc) is 2.38. The van der Waals surface area contributed by atoms with Crippen LogP contribution in [0.15, 0.2) is 11.6 Å². The van der Waals surface area contributed by atoms with Gasteiger partial charge in [-0.2, -0.15) is 0 Å². The Kier molecular flexibility index (Phi) is 3.11. The van der Waals surface area contributed by atoms with E-state index in [9.17, 15) is 14.7 Å². The summed E-state index contributed by atoms with van der Waals surface area (Å²) in [6, 6.07) is 0. The zero-order chi connectivity index (χ0) is 14.6. The fourth-order valence-electron chi connectivity index (χ4n) is 3.64. The number of carbonyl (C=O) groups is 2. The van der Waals surface area contributed by atoms with Crippen molar-refractivity contribution < 1.29 is 19.4 Å². The minimum Gasteiger partial charge on any atom is -0.469 e. The number of aliphatic hydroxyl groups is 1. The molecule has 5 heteroatoms. The van der Waals surface area contributed by atoms with Crippen molar-refractivity contribution in [1.29, 1.82) is 0 Å². The lowest BCUT2D eigenvalue weighted by Crippen LogP contribution is -2.68. The summed E-state index contributed by atoms with van der Waals surface area (Å²) in [5, 5.41) is 10.6. The summed E-state index contributed by atoms with van der Waals surface area (Å²) in [6.07, 6.45) is 2.16. The van der Waals surface area contributed by atoms with Gasteiger partial charge in [-0.15, -0.1) is 11.6 Å². The third-order valence-corrected chi connectivity index (χ3v) is 5.51. The second-order valence-corrected chi connectivity index (χ2v) is 6.33. The van der Waals surface area contributed by atoms with Gasteiger partial charge in [-0.1, -0.05) is 11.6 Å². The molecule has 1 fully saturated rings. The van der Waals surface area contributed by atoms with Gasteiger partial charge in [0.2, 0.25) is 0 Å². The van der Waals surface area contributed by atoms with Gasteiger partial charge in [0.15, 0.2) is 5.78 Å². The van der Waals surface area contributed by atoms with E-state index in [1.807, 2.05) is 6.92 Å². The Morgan fingerprint density at radius 1 is 1.58 bits per heavy atom. The van der Waals surface area contributed by atoms with Crippen LogP contribution in [0.25, 0.3) is 0 Å². The van der Waals surface area contributed by atoms with E-state index in [1.165, 1.54) is 7.11 Å². The van der Waals surface area contributed by atoms with E-state index in [2.05, 4.69) is 0 Å². The Labute approximate surface area is 117 Å². The predicted octanol–water partition coefficient (Wildman–Crippen LogP) is 1.69. The molecule has 2 bridgehead atoms. The minimum absolute atomic E-state index is 0.158. The van der Waals surface area contributed by atoms with Crippen LogP contribution in [-0.4, -0.2) is 35.4 Å². The molecular formula is C14H19ClO4. The number of allylic oxidation sites excluding steroid dienone is 1. The average molecular weight is 287 g/mol. The van der Waals surface area contributed by atoms with Crippen molar-refractivity contribution in [1.82, 2.24) is 0 Å². The Morgan fingerprint density at radius 3 is 2.63 bits per heavy atom. The van der Waals surface area contributed by atoms with E-state index in [0.717, 1.165) is 5.57 Å². The predicted molar refractivity (Wildman–Crippen MR) is 70.8 cm³/mol. The first-order valence-electron chi connectivity index (χ1n) is 6.28. The molecule has 0 aromatic heterocycles. The summed E-state index contributed by atoms with van der Waals surface area (Å²) in [7, 11) is 1.31. The molecule has 0 saturated heterocycles. The highest BCUT2D eigenvalue weighted by molar-refractivity contribution is 6.21. The van der Waals surface area contributed by atoms with Crippen LogP contribution in [0.1, 0.15) is 27.2 Å². The van der Waals surface area contributed by atoms with Crippen LogP contribution in [0, 0.1) is 16.7 Å². The van der Waals surface area contributed by atoms with Gasteiger partial charge >= 0.3 is 5.97 Å². The number of carbonyl (C=O) groups excluding carboxylic acids is 2. The van der Waals surface area contributed by atoms with Crippen molar-refractivity contribution in [2.75, 3.05) is 13.0 Å². The molecule has 4 atom stereocenters. The number of esters is 1. The quantitative estimate of drug-likeness (QED) is 0.477. The maximum absolute atomic E-state index is 12.7. The number of methoxy groups -OCH3 is 1. The van der Waals surface area contributed by atoms with Crippen LogP contribution >= 0.6 is 11.6 Å². The van der Waals surface area contributed by atoms with Gasteiger partial charge < -0.3 is 9.84 Å². The third kappa shape index (κ3) is 1.50. The van der Waals surface area contributed by atoms with Crippen molar-refractivity contribution in [3.8, 4) is 0 Å². The first-order chi connectivity index (χ1) is 8.67. The molecule has 3 aliphatic rings. The molecule has 0 amide bonds. The fourth-order valence-corrected chi connectivity index (χ4v) is 3.95. The topological polar surface area (TPSA) is 63.6 Å². The number of ether oxygens (including phenoxy) is 1. The highest BCUT2D eigenvalue weighted by Crippen LogP contribution is 2.60. The molecule has 0 heterocycles. The molecule has 0 spiro atoms. The summed E-state index contributed by atoms with van der Waals surface area (Å²) >= 11 is 5.83. The van der Waals surface area contributed by atoms with Gasteiger partial charge in [-0.3, -0.25) is 9.59 Å². The lowest BCUT2D eigenvalue weighted by atomic mass is 9.45. The van der Waals surface area contributed by atoms with E-state index in [4.69, 9.17) is 16.3 Å². The normalized spacial score (nSPS) is 45.1. The zero-order valence-electron chi connectivity index (χ0n) is 11.6. The number of rotatable bonds is 2. The summed E-state index contributed by atoms with van der Waals surface area (Å²) < 4.78 is 4.86. The van der Waals surface area contributed by atoms with Crippen molar-refractivity contribution in [3.63, 3.8) is 0 Å². The zero-order valence-corrected chi connectivity index (χ0v) is 12.4. The van der Waals surface area contributed by atoms with Crippen molar-refractivity contribution in [2.45, 2.75) is 32.8 Å². The van der Waals surface area contributed by atoms with Crippen LogP contribution in [-0.2, 0) is 14.3 Å². The largest absolute Gasteiger partial charge is 0.469 e. The molecular weight excluding hydrogens is 268 g/mol. The van der Waals surface area contributed by atoms with Crippen LogP contribution in [0.4, 0.5) is 0 Å². The number of ketones is 1. The van der Waals surface area contributed by atoms with Crippen LogP contribution in [0.2, 0.25) is 0 Å². The molecule has 3 aliphatic carbocycles. The number of hydrogen-bond acceptors (Lipinski definition) is 4. The first kappa shape index (κ1) is 14.5. The molecule has 4 nitrogen and oxygen atoms in total. The summed E-state index contributed by atoms with van der Waals surface area (Å²) in [6.45, 7) is 5.27. The van der Waals surface area contributed by atoms with Gasteiger partial charge in [-0.05, 0) is 27.2 Å². The molecule has 106 valence electrons. The summed E-state index contributed by atoms with van der Waals surface area (Å²) in [5.41, 5.74) is -2.71. The SMILES string of the molecule is COC(=O)[C@@]1(C)C[C@@H]2C(C)=C[C@@]1(C)C(=O)[C@@]2(O)CCl. The molecule has 1 N–H and O–H groups in total. The Bertz CT molecular complexity index is 486. The number of hydrogen-bond donors (Lipinski definition) is 1. The standard InChI is InChI=1S/C14H19ClO4/c1-8-5-12(2)10(16)14(18,7-15)9(8)6-13(12,3)11(17)19-4/h5,9,18H,6-7H2,1-4H3/t9-,12+,13-,14-/m1/s1. The monoisotopic (exact) mass is 286 g/mol. The van der Waals surface area contributed by atoms with Gasteiger partial charge in [0, 0.05) is 5.92 Å². The smallest absolute Gasteiger partial charge is 0.312 e. The van der Waals surface area contributed by atoms with E-state index in [-0.39, 0.29) is 11.7 Å². The maximum atomic E-state index is 12.7.